The van der Waals surface area contributed by atoms with E-state index >= 15 is 0 Å². The molecule has 2 nitrogen and oxygen atoms in total. The van der Waals surface area contributed by atoms with Crippen LogP contribution in [0.5, 0.6) is 11.5 Å². The molecule has 0 radical (unpaired) electrons. The molecule has 1 aromatic rings. The van der Waals surface area contributed by atoms with Crippen LogP contribution < -0.4 is 9.47 Å². The van der Waals surface area contributed by atoms with Crippen LogP contribution in [0.15, 0.2) is 16.6 Å². The van der Waals surface area contributed by atoms with Gasteiger partial charge in [-0.1, -0.05) is 35.8 Å². The Morgan fingerprint density at radius 3 is 2.19 bits per heavy atom. The highest BCUT2D eigenvalue weighted by Crippen LogP contribution is 2.41. The van der Waals surface area contributed by atoms with E-state index in [1.807, 2.05) is 12.1 Å². The molecule has 16 heavy (non-hydrogen) atoms. The minimum absolute atomic E-state index is 0.372. The second-order valence-corrected chi connectivity index (χ2v) is 5.91. The molecular formula is C12H16Br2O2. The van der Waals surface area contributed by atoms with Crippen molar-refractivity contribution >= 4 is 31.9 Å². The van der Waals surface area contributed by atoms with Crippen molar-refractivity contribution in [1.29, 1.82) is 0 Å². The van der Waals surface area contributed by atoms with Gasteiger partial charge in [-0.25, -0.2) is 0 Å². The topological polar surface area (TPSA) is 18.5 Å². The number of methoxy groups -OCH3 is 2. The van der Waals surface area contributed by atoms with Gasteiger partial charge in [-0.05, 0) is 33.5 Å². The molecule has 0 N–H and O–H groups in total. The van der Waals surface area contributed by atoms with Crippen LogP contribution in [0.1, 0.15) is 25.3 Å². The van der Waals surface area contributed by atoms with Crippen molar-refractivity contribution in [3.05, 3.63) is 22.2 Å². The Labute approximate surface area is 114 Å². The highest BCUT2D eigenvalue weighted by Gasteiger charge is 2.19. The smallest absolute Gasteiger partial charge is 0.140 e. The first-order valence-corrected chi connectivity index (χ1v) is 6.78. The number of benzene rings is 1. The summed E-state index contributed by atoms with van der Waals surface area (Å²) in [6, 6.07) is 4.00. The average molecular weight is 352 g/mol. The first kappa shape index (κ1) is 13.8. The third-order valence-corrected chi connectivity index (χ3v) is 4.24. The largest absolute Gasteiger partial charge is 0.495 e. The zero-order chi connectivity index (χ0) is 12.3. The van der Waals surface area contributed by atoms with Gasteiger partial charge < -0.3 is 9.47 Å². The van der Waals surface area contributed by atoms with E-state index in [1.54, 1.807) is 14.2 Å². The summed E-state index contributed by atoms with van der Waals surface area (Å²) in [6.07, 6.45) is 0. The number of hydrogen-bond donors (Lipinski definition) is 0. The Morgan fingerprint density at radius 2 is 1.75 bits per heavy atom. The van der Waals surface area contributed by atoms with Gasteiger partial charge >= 0.3 is 0 Å². The first-order valence-electron chi connectivity index (χ1n) is 5.07. The summed E-state index contributed by atoms with van der Waals surface area (Å²) in [4.78, 5) is 0.390. The van der Waals surface area contributed by atoms with E-state index < -0.39 is 0 Å². The Kier molecular flexibility index (Phi) is 5.12. The van der Waals surface area contributed by atoms with Gasteiger partial charge in [0.25, 0.3) is 0 Å². The third-order valence-electron chi connectivity index (χ3n) is 2.70. The second-order valence-electron chi connectivity index (χ2n) is 3.67. The van der Waals surface area contributed by atoms with Crippen LogP contribution in [0.3, 0.4) is 0 Å². The van der Waals surface area contributed by atoms with Crippen molar-refractivity contribution in [1.82, 2.24) is 0 Å². The van der Waals surface area contributed by atoms with Crippen molar-refractivity contribution < 1.29 is 9.47 Å². The van der Waals surface area contributed by atoms with Crippen LogP contribution in [-0.4, -0.2) is 19.0 Å². The van der Waals surface area contributed by atoms with Gasteiger partial charge in [0.05, 0.1) is 14.2 Å². The van der Waals surface area contributed by atoms with Gasteiger partial charge in [0.1, 0.15) is 16.0 Å². The van der Waals surface area contributed by atoms with Crippen molar-refractivity contribution in [2.45, 2.75) is 24.6 Å². The quantitative estimate of drug-likeness (QED) is 0.750. The Bertz CT molecular complexity index is 364. The fourth-order valence-electron chi connectivity index (χ4n) is 1.52. The molecule has 0 aliphatic rings. The van der Waals surface area contributed by atoms with Crippen LogP contribution >= 0.6 is 31.9 Å². The van der Waals surface area contributed by atoms with Crippen molar-refractivity contribution in [2.75, 3.05) is 14.2 Å². The van der Waals surface area contributed by atoms with Gasteiger partial charge in [0.15, 0.2) is 0 Å². The van der Waals surface area contributed by atoms with Crippen molar-refractivity contribution in [2.24, 2.45) is 0 Å². The van der Waals surface area contributed by atoms with E-state index in [4.69, 9.17) is 9.47 Å². The minimum atomic E-state index is 0.372. The van der Waals surface area contributed by atoms with E-state index in [0.717, 1.165) is 16.0 Å². The van der Waals surface area contributed by atoms with Gasteiger partial charge in [0, 0.05) is 4.83 Å². The predicted molar refractivity (Wildman–Crippen MR) is 74.1 cm³/mol. The molecular weight excluding hydrogens is 336 g/mol. The molecule has 0 bridgehead atoms. The average Bonchev–Trinajstić information content (AvgIpc) is 2.27. The summed E-state index contributed by atoms with van der Waals surface area (Å²) >= 11 is 7.10. The molecule has 0 aliphatic heterocycles. The molecule has 2 unspecified atom stereocenters. The normalized spacial score (nSPS) is 14.4. The lowest BCUT2D eigenvalue weighted by atomic mass is 9.97. The summed E-state index contributed by atoms with van der Waals surface area (Å²) in [5.74, 6) is 2.00. The lowest BCUT2D eigenvalue weighted by molar-refractivity contribution is 0.384. The number of ether oxygens (including phenoxy) is 2. The van der Waals surface area contributed by atoms with Gasteiger partial charge in [-0.2, -0.15) is 0 Å². The van der Waals surface area contributed by atoms with Gasteiger partial charge in [-0.15, -0.1) is 0 Å². The molecule has 90 valence electrons. The molecule has 0 heterocycles. The highest BCUT2D eigenvalue weighted by atomic mass is 79.9. The Hall–Kier alpha value is -0.220. The second kappa shape index (κ2) is 5.92. The first-order chi connectivity index (χ1) is 7.52. The third kappa shape index (κ3) is 2.72. The van der Waals surface area contributed by atoms with E-state index in [2.05, 4.69) is 45.7 Å². The summed E-state index contributed by atoms with van der Waals surface area (Å²) in [7, 11) is 3.32. The van der Waals surface area contributed by atoms with E-state index in [-0.39, 0.29) is 0 Å². The highest BCUT2D eigenvalue weighted by molar-refractivity contribution is 9.10. The number of hydrogen-bond acceptors (Lipinski definition) is 2. The lowest BCUT2D eigenvalue weighted by Gasteiger charge is -2.20. The monoisotopic (exact) mass is 350 g/mol. The molecule has 0 spiro atoms. The van der Waals surface area contributed by atoms with E-state index in [9.17, 15) is 0 Å². The molecule has 1 aromatic carbocycles. The molecule has 1 rings (SSSR count). The summed E-state index contributed by atoms with van der Waals surface area (Å²) in [6.45, 7) is 4.29. The van der Waals surface area contributed by atoms with Gasteiger partial charge in [0.2, 0.25) is 0 Å². The number of rotatable bonds is 4. The maximum absolute atomic E-state index is 5.44. The van der Waals surface area contributed by atoms with Gasteiger partial charge in [-0.3, -0.25) is 0 Å². The number of alkyl halides is 1. The minimum Gasteiger partial charge on any atom is -0.495 e. The molecule has 0 aromatic heterocycles. The van der Waals surface area contributed by atoms with E-state index in [0.29, 0.717) is 10.7 Å². The SMILES string of the molecule is COc1ccc(C(C)C(C)Br)c(OC)c1Br. The molecule has 0 fully saturated rings. The summed E-state index contributed by atoms with van der Waals surface area (Å²) in [5.41, 5.74) is 1.17. The van der Waals surface area contributed by atoms with Crippen LogP contribution in [-0.2, 0) is 0 Å². The number of halogens is 2. The van der Waals surface area contributed by atoms with Crippen LogP contribution in [0.2, 0.25) is 0 Å². The van der Waals surface area contributed by atoms with Crippen molar-refractivity contribution in [3.63, 3.8) is 0 Å². The zero-order valence-electron chi connectivity index (χ0n) is 9.88. The van der Waals surface area contributed by atoms with Crippen molar-refractivity contribution in [3.8, 4) is 11.5 Å². The molecule has 4 heteroatoms. The lowest BCUT2D eigenvalue weighted by Crippen LogP contribution is -2.07. The molecule has 0 saturated heterocycles. The maximum atomic E-state index is 5.44. The summed E-state index contributed by atoms with van der Waals surface area (Å²) in [5, 5.41) is 0. The fourth-order valence-corrected chi connectivity index (χ4v) is 2.49. The Balaban J connectivity index is 3.25. The van der Waals surface area contributed by atoms with Crippen LogP contribution in [0.25, 0.3) is 0 Å². The standard InChI is InChI=1S/C12H16Br2O2/c1-7(8(2)13)9-5-6-10(15-3)11(14)12(9)16-4/h5-8H,1-4H3. The molecule has 0 aliphatic carbocycles. The maximum Gasteiger partial charge on any atom is 0.140 e. The van der Waals surface area contributed by atoms with Crippen LogP contribution in [0.4, 0.5) is 0 Å². The Morgan fingerprint density at radius 1 is 1.12 bits per heavy atom. The fraction of sp³-hybridized carbons (Fsp3) is 0.500. The molecule has 2 atom stereocenters. The molecule has 0 saturated carbocycles. The van der Waals surface area contributed by atoms with E-state index in [1.165, 1.54) is 5.56 Å². The summed E-state index contributed by atoms with van der Waals surface area (Å²) < 4.78 is 11.6. The predicted octanol–water partition coefficient (Wildman–Crippen LogP) is 4.35. The van der Waals surface area contributed by atoms with Crippen LogP contribution in [0, 0.1) is 0 Å². The molecule has 0 amide bonds. The zero-order valence-corrected chi connectivity index (χ0v) is 13.1.